The molecule has 6 nitrogen and oxygen atoms in total. The smallest absolute Gasteiger partial charge is 0.336 e. The number of ether oxygens (including phenoxy) is 2. The molecule has 0 radical (unpaired) electrons. The van der Waals surface area contributed by atoms with Crippen LogP contribution in [0.3, 0.4) is 0 Å². The maximum absolute atomic E-state index is 12.9. The first kappa shape index (κ1) is 22.1. The highest BCUT2D eigenvalue weighted by Crippen LogP contribution is 2.19. The number of hydrogen-bond acceptors (Lipinski definition) is 6. The Morgan fingerprint density at radius 2 is 1.55 bits per heavy atom. The van der Waals surface area contributed by atoms with Gasteiger partial charge in [0.2, 0.25) is 9.84 Å². The van der Waals surface area contributed by atoms with Crippen molar-refractivity contribution in [1.29, 1.82) is 0 Å². The van der Waals surface area contributed by atoms with Gasteiger partial charge in [0.25, 0.3) is 5.25 Å². The molecule has 0 spiro atoms. The lowest BCUT2D eigenvalue weighted by Crippen LogP contribution is -2.40. The van der Waals surface area contributed by atoms with Gasteiger partial charge >= 0.3 is 11.9 Å². The molecule has 0 bridgehead atoms. The summed E-state index contributed by atoms with van der Waals surface area (Å²) in [5, 5.41) is -2.12. The molecular weight excluding hydrogens is 392 g/mol. The van der Waals surface area contributed by atoms with Crippen molar-refractivity contribution in [2.24, 2.45) is 0 Å². The molecule has 0 saturated carbocycles. The van der Waals surface area contributed by atoms with Crippen LogP contribution in [-0.2, 0) is 28.9 Å². The van der Waals surface area contributed by atoms with Crippen molar-refractivity contribution < 1.29 is 27.5 Å². The van der Waals surface area contributed by atoms with Crippen LogP contribution in [0.15, 0.2) is 78.2 Å². The molecule has 2 aromatic carbocycles. The van der Waals surface area contributed by atoms with Gasteiger partial charge in [-0.2, -0.15) is 0 Å². The van der Waals surface area contributed by atoms with Gasteiger partial charge in [-0.1, -0.05) is 66.8 Å². The summed E-state index contributed by atoms with van der Waals surface area (Å²) in [4.78, 5) is 24.6. The highest BCUT2D eigenvalue weighted by atomic mass is 32.2. The highest BCUT2D eigenvalue weighted by Gasteiger charge is 2.43. The summed E-state index contributed by atoms with van der Waals surface area (Å²) in [6.07, 6.45) is 4.55. The van der Waals surface area contributed by atoms with E-state index in [2.05, 4.69) is 6.58 Å². The minimum absolute atomic E-state index is 0.166. The Labute approximate surface area is 170 Å². The summed E-state index contributed by atoms with van der Waals surface area (Å²) in [5.41, 5.74) is 1.72. The van der Waals surface area contributed by atoms with E-state index in [1.807, 2.05) is 30.3 Å². The minimum Gasteiger partial charge on any atom is -0.460 e. The quantitative estimate of drug-likeness (QED) is 0.356. The standard InChI is InChI=1S/C22H22O6S/c1-3-15-27-21(23)20(29(25,26)19-13-11-17(2)12-14-19)22(24)28-16-7-10-18-8-5-4-6-9-18/h3-14,20H,1,15-16H2,2H3/b10-7+. The van der Waals surface area contributed by atoms with E-state index in [1.165, 1.54) is 18.2 Å². The number of sulfone groups is 1. The fraction of sp³-hybridized carbons (Fsp3) is 0.182. The Bertz CT molecular complexity index is 976. The monoisotopic (exact) mass is 414 g/mol. The lowest BCUT2D eigenvalue weighted by molar-refractivity contribution is -0.152. The van der Waals surface area contributed by atoms with Crippen LogP contribution in [0.1, 0.15) is 11.1 Å². The van der Waals surface area contributed by atoms with Gasteiger partial charge < -0.3 is 9.47 Å². The fourth-order valence-electron chi connectivity index (χ4n) is 2.38. The molecule has 0 saturated heterocycles. The lowest BCUT2D eigenvalue weighted by Gasteiger charge is -2.15. The number of rotatable bonds is 9. The van der Waals surface area contributed by atoms with Crippen molar-refractivity contribution in [2.75, 3.05) is 13.2 Å². The first-order chi connectivity index (χ1) is 13.9. The van der Waals surface area contributed by atoms with Crippen LogP contribution in [0.2, 0.25) is 0 Å². The number of hydrogen-bond donors (Lipinski definition) is 0. The summed E-state index contributed by atoms with van der Waals surface area (Å²) in [5.74, 6) is -2.40. The van der Waals surface area contributed by atoms with Gasteiger partial charge in [0, 0.05) is 0 Å². The third kappa shape index (κ3) is 6.15. The van der Waals surface area contributed by atoms with Gasteiger partial charge in [-0.05, 0) is 30.7 Å². The highest BCUT2D eigenvalue weighted by molar-refractivity contribution is 7.93. The van der Waals surface area contributed by atoms with Crippen LogP contribution >= 0.6 is 0 Å². The first-order valence-corrected chi connectivity index (χ1v) is 10.4. The third-order valence-corrected chi connectivity index (χ3v) is 5.80. The van der Waals surface area contributed by atoms with Crippen LogP contribution in [0, 0.1) is 6.92 Å². The molecule has 29 heavy (non-hydrogen) atoms. The summed E-state index contributed by atoms with van der Waals surface area (Å²) in [7, 11) is -4.34. The van der Waals surface area contributed by atoms with Gasteiger partial charge in [-0.25, -0.2) is 18.0 Å². The minimum atomic E-state index is -4.34. The summed E-state index contributed by atoms with van der Waals surface area (Å²) in [6.45, 7) is 4.78. The Kier molecular flexibility index (Phi) is 7.91. The van der Waals surface area contributed by atoms with E-state index in [4.69, 9.17) is 9.47 Å². The van der Waals surface area contributed by atoms with Crippen molar-refractivity contribution in [3.8, 4) is 0 Å². The second kappa shape index (κ2) is 10.4. The molecule has 0 aromatic heterocycles. The maximum Gasteiger partial charge on any atom is 0.336 e. The normalized spacial score (nSPS) is 12.3. The molecule has 0 N–H and O–H groups in total. The summed E-state index contributed by atoms with van der Waals surface area (Å²) in [6, 6.07) is 15.1. The number of aryl methyl sites for hydroxylation is 1. The molecule has 0 aliphatic heterocycles. The lowest BCUT2D eigenvalue weighted by atomic mass is 10.2. The van der Waals surface area contributed by atoms with E-state index in [1.54, 1.807) is 31.2 Å². The number of carbonyl (C=O) groups is 2. The van der Waals surface area contributed by atoms with Crippen molar-refractivity contribution in [3.63, 3.8) is 0 Å². The average molecular weight is 414 g/mol. The molecular formula is C22H22O6S. The SMILES string of the molecule is C=CCOC(=O)C(C(=O)OC/C=C/c1ccccc1)S(=O)(=O)c1ccc(C)cc1. The Morgan fingerprint density at radius 1 is 0.966 bits per heavy atom. The van der Waals surface area contributed by atoms with Gasteiger partial charge in [-0.3, -0.25) is 0 Å². The predicted molar refractivity (Wildman–Crippen MR) is 110 cm³/mol. The molecule has 7 heteroatoms. The fourth-order valence-corrected chi connectivity index (χ4v) is 3.82. The van der Waals surface area contributed by atoms with Crippen LogP contribution in [0.5, 0.6) is 0 Å². The van der Waals surface area contributed by atoms with E-state index in [-0.39, 0.29) is 18.1 Å². The first-order valence-electron chi connectivity index (χ1n) is 8.82. The summed E-state index contributed by atoms with van der Waals surface area (Å²) < 4.78 is 35.7. The third-order valence-electron chi connectivity index (χ3n) is 3.86. The van der Waals surface area contributed by atoms with E-state index in [0.29, 0.717) is 0 Å². The number of carbonyl (C=O) groups excluding carboxylic acids is 2. The molecule has 1 unspecified atom stereocenters. The van der Waals surface area contributed by atoms with Gasteiger partial charge in [0.15, 0.2) is 0 Å². The number of esters is 2. The second-order valence-electron chi connectivity index (χ2n) is 6.10. The van der Waals surface area contributed by atoms with Gasteiger partial charge in [0.1, 0.15) is 13.2 Å². The molecule has 0 fully saturated rings. The molecule has 0 amide bonds. The van der Waals surface area contributed by atoms with E-state index in [9.17, 15) is 18.0 Å². The Hall–Kier alpha value is -3.19. The Morgan fingerprint density at radius 3 is 2.14 bits per heavy atom. The maximum atomic E-state index is 12.9. The zero-order valence-electron chi connectivity index (χ0n) is 16.0. The van der Waals surface area contributed by atoms with Crippen molar-refractivity contribution >= 4 is 27.9 Å². The van der Waals surface area contributed by atoms with Gasteiger partial charge in [0.05, 0.1) is 4.90 Å². The molecule has 0 aliphatic carbocycles. The van der Waals surface area contributed by atoms with Gasteiger partial charge in [-0.15, -0.1) is 0 Å². The summed E-state index contributed by atoms with van der Waals surface area (Å²) >= 11 is 0. The van der Waals surface area contributed by atoms with Crippen molar-refractivity contribution in [3.05, 3.63) is 84.5 Å². The second-order valence-corrected chi connectivity index (χ2v) is 8.13. The largest absolute Gasteiger partial charge is 0.460 e. The van der Waals surface area contributed by atoms with Crippen LogP contribution in [-0.4, -0.2) is 38.8 Å². The van der Waals surface area contributed by atoms with E-state index >= 15 is 0 Å². The predicted octanol–water partition coefficient (Wildman–Crippen LogP) is 3.12. The average Bonchev–Trinajstić information content (AvgIpc) is 2.70. The zero-order chi connectivity index (χ0) is 21.3. The zero-order valence-corrected chi connectivity index (χ0v) is 16.8. The molecule has 2 rings (SSSR count). The van der Waals surface area contributed by atoms with Crippen LogP contribution < -0.4 is 0 Å². The van der Waals surface area contributed by atoms with Crippen LogP contribution in [0.25, 0.3) is 6.08 Å². The Balaban J connectivity index is 2.19. The molecule has 0 aliphatic rings. The number of benzene rings is 2. The van der Waals surface area contributed by atoms with Crippen molar-refractivity contribution in [1.82, 2.24) is 0 Å². The molecule has 0 heterocycles. The molecule has 152 valence electrons. The molecule has 2 aromatic rings. The van der Waals surface area contributed by atoms with Crippen molar-refractivity contribution in [2.45, 2.75) is 17.1 Å². The van der Waals surface area contributed by atoms with Crippen LogP contribution in [0.4, 0.5) is 0 Å². The molecule has 1 atom stereocenters. The van der Waals surface area contributed by atoms with E-state index in [0.717, 1.165) is 11.1 Å². The van der Waals surface area contributed by atoms with E-state index < -0.39 is 27.0 Å². The topological polar surface area (TPSA) is 86.7 Å².